The molecule has 0 bridgehead atoms. The Bertz CT molecular complexity index is 441. The fourth-order valence-corrected chi connectivity index (χ4v) is 2.52. The lowest BCUT2D eigenvalue weighted by atomic mass is 10.2. The lowest BCUT2D eigenvalue weighted by molar-refractivity contribution is -0.119. The van der Waals surface area contributed by atoms with Crippen LogP contribution in [0.3, 0.4) is 0 Å². The van der Waals surface area contributed by atoms with Crippen LogP contribution in [0.1, 0.15) is 26.8 Å². The molecule has 1 aromatic rings. The quantitative estimate of drug-likeness (QED) is 0.783. The summed E-state index contributed by atoms with van der Waals surface area (Å²) >= 11 is 1.38. The van der Waals surface area contributed by atoms with E-state index in [1.165, 1.54) is 11.3 Å². The van der Waals surface area contributed by atoms with E-state index in [0.717, 1.165) is 10.7 Å². The van der Waals surface area contributed by atoms with Gasteiger partial charge in [0.15, 0.2) is 0 Å². The Hall–Kier alpha value is -1.43. The Morgan fingerprint density at radius 3 is 2.81 bits per heavy atom. The van der Waals surface area contributed by atoms with Crippen LogP contribution in [0.2, 0.25) is 0 Å². The van der Waals surface area contributed by atoms with Gasteiger partial charge in [-0.2, -0.15) is 0 Å². The molecule has 1 aliphatic rings. The molecule has 5 nitrogen and oxygen atoms in total. The number of thiazole rings is 1. The molecule has 2 amide bonds. The van der Waals surface area contributed by atoms with E-state index in [-0.39, 0.29) is 17.9 Å². The van der Waals surface area contributed by atoms with Gasteiger partial charge >= 0.3 is 0 Å². The van der Waals surface area contributed by atoms with Crippen LogP contribution < -0.4 is 10.6 Å². The molecule has 0 unspecified atom stereocenters. The van der Waals surface area contributed by atoms with Gasteiger partial charge in [-0.15, -0.1) is 11.3 Å². The molecule has 1 saturated heterocycles. The van der Waals surface area contributed by atoms with E-state index in [1.807, 2.05) is 13.8 Å². The van der Waals surface area contributed by atoms with Crippen molar-refractivity contribution in [3.05, 3.63) is 15.6 Å². The van der Waals surface area contributed by atoms with E-state index in [4.69, 9.17) is 0 Å². The van der Waals surface area contributed by atoms with Crippen molar-refractivity contribution in [3.8, 4) is 0 Å². The highest BCUT2D eigenvalue weighted by Crippen LogP contribution is 2.17. The summed E-state index contributed by atoms with van der Waals surface area (Å²) < 4.78 is 0. The number of aromatic nitrogens is 1. The number of carbonyl (C=O) groups excluding carboxylic acids is 2. The van der Waals surface area contributed by atoms with E-state index in [2.05, 4.69) is 15.6 Å². The minimum atomic E-state index is -0.135. The maximum absolute atomic E-state index is 11.9. The van der Waals surface area contributed by atoms with Gasteiger partial charge in [-0.25, -0.2) is 4.98 Å². The highest BCUT2D eigenvalue weighted by molar-refractivity contribution is 7.13. The highest BCUT2D eigenvalue weighted by Gasteiger charge is 2.24. The summed E-state index contributed by atoms with van der Waals surface area (Å²) in [5, 5.41) is 6.39. The van der Waals surface area contributed by atoms with Gasteiger partial charge in [0.25, 0.3) is 5.91 Å². The lowest BCUT2D eigenvalue weighted by Crippen LogP contribution is -2.36. The zero-order chi connectivity index (χ0) is 11.7. The molecule has 1 fully saturated rings. The molecule has 2 rings (SSSR count). The first kappa shape index (κ1) is 11.1. The zero-order valence-electron chi connectivity index (χ0n) is 9.16. The number of hydrogen-bond donors (Lipinski definition) is 2. The summed E-state index contributed by atoms with van der Waals surface area (Å²) in [5.74, 6) is -0.146. The van der Waals surface area contributed by atoms with Gasteiger partial charge in [-0.3, -0.25) is 9.59 Å². The van der Waals surface area contributed by atoms with E-state index < -0.39 is 0 Å². The van der Waals surface area contributed by atoms with Crippen LogP contribution in [0, 0.1) is 13.8 Å². The van der Waals surface area contributed by atoms with Crippen LogP contribution in [0.4, 0.5) is 0 Å². The molecule has 0 saturated carbocycles. The van der Waals surface area contributed by atoms with Crippen LogP contribution >= 0.6 is 11.3 Å². The highest BCUT2D eigenvalue weighted by atomic mass is 32.1. The molecule has 86 valence electrons. The van der Waals surface area contributed by atoms with Crippen molar-refractivity contribution < 1.29 is 9.59 Å². The second-order valence-corrected chi connectivity index (χ2v) is 5.03. The molecule has 0 radical (unpaired) electrons. The van der Waals surface area contributed by atoms with E-state index >= 15 is 0 Å². The largest absolute Gasteiger partial charge is 0.354 e. The Morgan fingerprint density at radius 2 is 2.31 bits per heavy atom. The molecule has 0 aromatic carbocycles. The lowest BCUT2D eigenvalue weighted by Gasteiger charge is -2.08. The van der Waals surface area contributed by atoms with Crippen molar-refractivity contribution in [2.24, 2.45) is 0 Å². The number of carbonyl (C=O) groups is 2. The van der Waals surface area contributed by atoms with Crippen molar-refractivity contribution in [2.45, 2.75) is 26.3 Å². The van der Waals surface area contributed by atoms with Crippen LogP contribution in [-0.2, 0) is 4.79 Å². The van der Waals surface area contributed by atoms with Crippen molar-refractivity contribution in [2.75, 3.05) is 6.54 Å². The average Bonchev–Trinajstić information content (AvgIpc) is 2.73. The number of nitrogens with zero attached hydrogens (tertiary/aromatic N) is 1. The van der Waals surface area contributed by atoms with Gasteiger partial charge in [0.2, 0.25) is 5.91 Å². The van der Waals surface area contributed by atoms with Crippen LogP contribution in [0.25, 0.3) is 0 Å². The van der Waals surface area contributed by atoms with Crippen molar-refractivity contribution in [1.82, 2.24) is 15.6 Å². The Labute approximate surface area is 97.3 Å². The third-order valence-electron chi connectivity index (χ3n) is 2.42. The number of amides is 2. The summed E-state index contributed by atoms with van der Waals surface area (Å²) in [5.41, 5.74) is 0.747. The average molecular weight is 239 g/mol. The van der Waals surface area contributed by atoms with Gasteiger partial charge in [0, 0.05) is 13.0 Å². The van der Waals surface area contributed by atoms with Crippen LogP contribution in [0.5, 0.6) is 0 Å². The minimum absolute atomic E-state index is 0.0116. The fraction of sp³-hybridized carbons (Fsp3) is 0.500. The Balaban J connectivity index is 2.03. The second-order valence-electron chi connectivity index (χ2n) is 3.83. The van der Waals surface area contributed by atoms with Crippen LogP contribution in [-0.4, -0.2) is 29.4 Å². The summed E-state index contributed by atoms with van der Waals surface area (Å²) in [6.07, 6.45) is 0.364. The normalized spacial score (nSPS) is 19.6. The molecule has 1 aromatic heterocycles. The molecule has 1 atom stereocenters. The second kappa shape index (κ2) is 4.21. The number of nitrogens with one attached hydrogen (secondary N) is 2. The number of hydrogen-bond acceptors (Lipinski definition) is 4. The van der Waals surface area contributed by atoms with E-state index in [1.54, 1.807) is 0 Å². The van der Waals surface area contributed by atoms with Crippen molar-refractivity contribution in [1.29, 1.82) is 0 Å². The first-order valence-corrected chi connectivity index (χ1v) is 5.89. The van der Waals surface area contributed by atoms with Gasteiger partial charge in [0.1, 0.15) is 4.88 Å². The predicted molar refractivity (Wildman–Crippen MR) is 60.5 cm³/mol. The van der Waals surface area contributed by atoms with E-state index in [0.29, 0.717) is 17.8 Å². The number of rotatable bonds is 2. The minimum Gasteiger partial charge on any atom is -0.354 e. The van der Waals surface area contributed by atoms with Crippen molar-refractivity contribution >= 4 is 23.2 Å². The summed E-state index contributed by atoms with van der Waals surface area (Å²) in [7, 11) is 0. The SMILES string of the molecule is Cc1nc(C)c(C(=O)N[C@H]2CNC(=O)C2)s1. The third kappa shape index (κ3) is 2.21. The van der Waals surface area contributed by atoms with E-state index in [9.17, 15) is 9.59 Å². The van der Waals surface area contributed by atoms with Crippen LogP contribution in [0.15, 0.2) is 0 Å². The third-order valence-corrected chi connectivity index (χ3v) is 3.49. The fourth-order valence-electron chi connectivity index (χ4n) is 1.70. The zero-order valence-corrected chi connectivity index (χ0v) is 9.98. The monoisotopic (exact) mass is 239 g/mol. The molecule has 1 aliphatic heterocycles. The molecule has 0 spiro atoms. The first-order chi connectivity index (χ1) is 7.56. The summed E-state index contributed by atoms with van der Waals surface area (Å²) in [6.45, 7) is 4.20. The first-order valence-electron chi connectivity index (χ1n) is 5.08. The summed E-state index contributed by atoms with van der Waals surface area (Å²) in [6, 6.07) is -0.0955. The van der Waals surface area contributed by atoms with Gasteiger partial charge in [-0.1, -0.05) is 0 Å². The standard InChI is InChI=1S/C10H13N3O2S/c1-5-9(16-6(2)12-5)10(15)13-7-3-8(14)11-4-7/h7H,3-4H2,1-2H3,(H,11,14)(H,13,15)/t7-/m1/s1. The molecule has 6 heteroatoms. The molecule has 2 heterocycles. The molecule has 2 N–H and O–H groups in total. The Morgan fingerprint density at radius 1 is 1.56 bits per heavy atom. The topological polar surface area (TPSA) is 71.1 Å². The van der Waals surface area contributed by atoms with Gasteiger partial charge in [-0.05, 0) is 13.8 Å². The number of aryl methyl sites for hydroxylation is 2. The maximum atomic E-state index is 11.9. The molecule has 0 aliphatic carbocycles. The smallest absolute Gasteiger partial charge is 0.263 e. The van der Waals surface area contributed by atoms with Crippen molar-refractivity contribution in [3.63, 3.8) is 0 Å². The van der Waals surface area contributed by atoms with Gasteiger partial charge < -0.3 is 10.6 Å². The summed E-state index contributed by atoms with van der Waals surface area (Å²) in [4.78, 5) is 27.7. The molecule has 16 heavy (non-hydrogen) atoms. The molecular formula is C10H13N3O2S. The Kier molecular flexibility index (Phi) is 2.91. The maximum Gasteiger partial charge on any atom is 0.263 e. The van der Waals surface area contributed by atoms with Gasteiger partial charge in [0.05, 0.1) is 16.7 Å². The predicted octanol–water partition coefficient (Wildman–Crippen LogP) is 0.378. The molecular weight excluding hydrogens is 226 g/mol.